The molecule has 0 amide bonds. The summed E-state index contributed by atoms with van der Waals surface area (Å²) in [6, 6.07) is 31.9. The van der Waals surface area contributed by atoms with Gasteiger partial charge in [0.1, 0.15) is 5.78 Å². The van der Waals surface area contributed by atoms with Crippen molar-refractivity contribution in [3.63, 3.8) is 0 Å². The molecule has 5 heteroatoms. The lowest BCUT2D eigenvalue weighted by atomic mass is 9.82. The summed E-state index contributed by atoms with van der Waals surface area (Å²) in [4.78, 5) is 49.7. The second-order valence-corrected chi connectivity index (χ2v) is 18.9. The summed E-state index contributed by atoms with van der Waals surface area (Å²) in [6.07, 6.45) is 15.2. The van der Waals surface area contributed by atoms with Gasteiger partial charge in [0, 0.05) is 35.6 Å². The van der Waals surface area contributed by atoms with Crippen molar-refractivity contribution < 1.29 is 19.2 Å². The Kier molecular flexibility index (Phi) is 36.3. The number of likely N-dealkylation sites (tertiary alicyclic amines) is 1. The summed E-state index contributed by atoms with van der Waals surface area (Å²) in [5.74, 6) is 1.69. The maximum Gasteiger partial charge on any atom is 0.183 e. The fourth-order valence-electron chi connectivity index (χ4n) is 7.52. The number of aryl methyl sites for hydroxylation is 1. The third-order valence-corrected chi connectivity index (χ3v) is 12.8. The number of hydrogen-bond donors (Lipinski definition) is 0. The van der Waals surface area contributed by atoms with Gasteiger partial charge < -0.3 is 4.90 Å². The Balaban J connectivity index is 0. The van der Waals surface area contributed by atoms with Crippen LogP contribution in [0, 0.1) is 16.7 Å². The van der Waals surface area contributed by atoms with Gasteiger partial charge >= 0.3 is 0 Å². The Morgan fingerprint density at radius 3 is 1.52 bits per heavy atom. The standard InChI is InChI=1S/C25H37NO2.C16H18.C9H16O.C8H16O.2C2H6/c1-5-25(3,4)24(28)20(2)26-19-13-12-17-22(26)23(27)18-11-7-10-16-21-14-8-6-9-15-21;1-2-9-16(14-10-5-3-6-11-14)15-12-7-4-8-13-15;1-6-9(4,5)8(10)7(2)3;1-4-5-6-7(2)8(3)9;2*1-2/h6,8-9,14-15,22H,2,5,7,10-13,16-19H2,1,3-4H3;3-8,10-13,16H,2,9H2,1H3;2,6H2,1,3-5H3;7H,4-6H2,1-3H3;2*1-2H3. The first-order valence-corrected chi connectivity index (χ1v) is 26.3. The van der Waals surface area contributed by atoms with Crippen LogP contribution < -0.4 is 0 Å². The summed E-state index contributed by atoms with van der Waals surface area (Å²) in [6.45, 7) is 38.2. The predicted molar refractivity (Wildman–Crippen MR) is 292 cm³/mol. The average Bonchev–Trinajstić information content (AvgIpc) is 3.36. The van der Waals surface area contributed by atoms with Crippen molar-refractivity contribution in [2.75, 3.05) is 6.54 Å². The normalized spacial score (nSPS) is 13.4. The summed E-state index contributed by atoms with van der Waals surface area (Å²) in [7, 11) is 0. The van der Waals surface area contributed by atoms with E-state index in [-0.39, 0.29) is 34.7 Å². The number of carbonyl (C=O) groups is 4. The van der Waals surface area contributed by atoms with E-state index in [1.54, 1.807) is 13.8 Å². The maximum atomic E-state index is 12.9. The van der Waals surface area contributed by atoms with Gasteiger partial charge in [0.15, 0.2) is 17.3 Å². The third kappa shape index (κ3) is 26.1. The van der Waals surface area contributed by atoms with Crippen LogP contribution in [-0.4, -0.2) is 40.6 Å². The smallest absolute Gasteiger partial charge is 0.183 e. The summed E-state index contributed by atoms with van der Waals surface area (Å²) in [5, 5.41) is 0. The van der Waals surface area contributed by atoms with Crippen LogP contribution >= 0.6 is 0 Å². The molecule has 67 heavy (non-hydrogen) atoms. The van der Waals surface area contributed by atoms with Crippen LogP contribution in [0.3, 0.4) is 0 Å². The first kappa shape index (κ1) is 64.7. The number of piperidine rings is 1. The van der Waals surface area contributed by atoms with E-state index in [0.29, 0.717) is 29.4 Å². The molecule has 1 fully saturated rings. The zero-order chi connectivity index (χ0) is 51.4. The first-order chi connectivity index (χ1) is 31.9. The number of unbranched alkanes of at least 4 members (excludes halogenated alkanes) is 3. The Hall–Kier alpha value is -4.38. The van der Waals surface area contributed by atoms with Crippen LogP contribution in [0.25, 0.3) is 0 Å². The largest absolute Gasteiger partial charge is 0.359 e. The molecular formula is C62H99NO4. The molecule has 1 aliphatic heterocycles. The van der Waals surface area contributed by atoms with Gasteiger partial charge in [-0.2, -0.15) is 0 Å². The molecule has 0 N–H and O–H groups in total. The monoisotopic (exact) mass is 922 g/mol. The minimum absolute atomic E-state index is 0.0811. The van der Waals surface area contributed by atoms with Crippen molar-refractivity contribution in [2.24, 2.45) is 16.7 Å². The van der Waals surface area contributed by atoms with E-state index < -0.39 is 5.41 Å². The van der Waals surface area contributed by atoms with Crippen molar-refractivity contribution in [3.8, 4) is 0 Å². The molecule has 0 bridgehead atoms. The number of rotatable bonds is 22. The fraction of sp³-hybridized carbons (Fsp3) is 0.581. The molecule has 0 aliphatic carbocycles. The number of allylic oxidation sites excluding steroid dienone is 2. The fourth-order valence-corrected chi connectivity index (χ4v) is 7.52. The molecule has 2 unspecified atom stereocenters. The zero-order valence-corrected chi connectivity index (χ0v) is 45.7. The molecule has 0 radical (unpaired) electrons. The molecule has 0 aromatic heterocycles. The van der Waals surface area contributed by atoms with E-state index in [1.807, 2.05) is 87.1 Å². The van der Waals surface area contributed by atoms with Crippen LogP contribution in [0.4, 0.5) is 0 Å². The maximum absolute atomic E-state index is 12.9. The number of nitrogens with zero attached hydrogens (tertiary/aromatic N) is 1. The molecule has 3 aromatic carbocycles. The lowest BCUT2D eigenvalue weighted by Crippen LogP contribution is -2.47. The second-order valence-electron chi connectivity index (χ2n) is 18.9. The minimum atomic E-state index is -0.417. The van der Waals surface area contributed by atoms with Crippen molar-refractivity contribution in [3.05, 3.63) is 132 Å². The van der Waals surface area contributed by atoms with Crippen LogP contribution in [0.1, 0.15) is 216 Å². The van der Waals surface area contributed by atoms with Gasteiger partial charge in [-0.25, -0.2) is 0 Å². The first-order valence-electron chi connectivity index (χ1n) is 26.3. The van der Waals surface area contributed by atoms with Crippen molar-refractivity contribution in [1.29, 1.82) is 0 Å². The highest BCUT2D eigenvalue weighted by molar-refractivity contribution is 5.99. The van der Waals surface area contributed by atoms with Crippen molar-refractivity contribution >= 4 is 23.1 Å². The Morgan fingerprint density at radius 1 is 0.627 bits per heavy atom. The Morgan fingerprint density at radius 2 is 1.10 bits per heavy atom. The zero-order valence-electron chi connectivity index (χ0n) is 45.7. The SMILES string of the molecule is C=C(C(=O)C(C)(C)CC)N1CCCCC1C(=O)CCCCCc1ccccc1.C=C(C)C(=O)C(C)(C)CC.CC.CC.CCCC(c1ccccc1)c1ccccc1.CCCCC(C)C(C)=O. The van der Waals surface area contributed by atoms with Gasteiger partial charge in [0.25, 0.3) is 0 Å². The number of hydrogen-bond acceptors (Lipinski definition) is 5. The lowest BCUT2D eigenvalue weighted by Gasteiger charge is -2.39. The van der Waals surface area contributed by atoms with E-state index in [4.69, 9.17) is 0 Å². The third-order valence-electron chi connectivity index (χ3n) is 12.8. The van der Waals surface area contributed by atoms with E-state index >= 15 is 0 Å². The summed E-state index contributed by atoms with van der Waals surface area (Å²) >= 11 is 0. The van der Waals surface area contributed by atoms with Gasteiger partial charge in [0.2, 0.25) is 0 Å². The molecule has 2 atom stereocenters. The van der Waals surface area contributed by atoms with Crippen molar-refractivity contribution in [1.82, 2.24) is 4.90 Å². The highest BCUT2D eigenvalue weighted by Crippen LogP contribution is 2.31. The molecule has 0 saturated carbocycles. The highest BCUT2D eigenvalue weighted by atomic mass is 16.1. The quantitative estimate of drug-likeness (QED) is 0.0742. The molecular weight excluding hydrogens is 823 g/mol. The molecule has 376 valence electrons. The molecule has 1 aliphatic rings. The topological polar surface area (TPSA) is 71.5 Å². The van der Waals surface area contributed by atoms with Gasteiger partial charge in [-0.1, -0.05) is 220 Å². The summed E-state index contributed by atoms with van der Waals surface area (Å²) in [5.41, 5.74) is 4.78. The molecule has 1 saturated heterocycles. The van der Waals surface area contributed by atoms with Crippen LogP contribution in [0.15, 0.2) is 115 Å². The van der Waals surface area contributed by atoms with Gasteiger partial charge in [0.05, 0.1) is 11.7 Å². The second kappa shape index (κ2) is 37.6. The average molecular weight is 922 g/mol. The Labute approximate surface area is 413 Å². The van der Waals surface area contributed by atoms with Gasteiger partial charge in [-0.3, -0.25) is 19.2 Å². The van der Waals surface area contributed by atoms with Gasteiger partial charge in [-0.05, 0) is 100 Å². The number of ketones is 4. The predicted octanol–water partition coefficient (Wildman–Crippen LogP) is 17.4. The van der Waals surface area contributed by atoms with Crippen LogP contribution in [-0.2, 0) is 25.6 Å². The molecule has 1 heterocycles. The van der Waals surface area contributed by atoms with E-state index in [2.05, 4.69) is 112 Å². The Bertz CT molecular complexity index is 1740. The minimum Gasteiger partial charge on any atom is -0.359 e. The molecule has 0 spiro atoms. The molecule has 4 rings (SSSR count). The van der Waals surface area contributed by atoms with E-state index in [1.165, 1.54) is 42.4 Å². The highest BCUT2D eigenvalue weighted by Gasteiger charge is 2.35. The number of carbonyl (C=O) groups excluding carboxylic acids is 4. The number of Topliss-reactive ketones (excluding diaryl/α,β-unsaturated/α-hetero) is 4. The van der Waals surface area contributed by atoms with Crippen molar-refractivity contribution in [2.45, 2.75) is 212 Å². The van der Waals surface area contributed by atoms with E-state index in [0.717, 1.165) is 70.8 Å². The lowest BCUT2D eigenvalue weighted by molar-refractivity contribution is -0.128. The molecule has 3 aromatic rings. The summed E-state index contributed by atoms with van der Waals surface area (Å²) < 4.78 is 0. The van der Waals surface area contributed by atoms with Gasteiger partial charge in [-0.15, -0.1) is 0 Å². The molecule has 5 nitrogen and oxygen atoms in total. The van der Waals surface area contributed by atoms with Crippen LogP contribution in [0.5, 0.6) is 0 Å². The van der Waals surface area contributed by atoms with E-state index in [9.17, 15) is 19.2 Å². The van der Waals surface area contributed by atoms with Crippen LogP contribution in [0.2, 0.25) is 0 Å². The number of benzene rings is 3.